The lowest BCUT2D eigenvalue weighted by molar-refractivity contribution is -0.241. The maximum absolute atomic E-state index is 13.0. The van der Waals surface area contributed by atoms with E-state index in [1.54, 1.807) is 106 Å². The van der Waals surface area contributed by atoms with Crippen LogP contribution in [-0.4, -0.2) is 34.7 Å². The lowest BCUT2D eigenvalue weighted by Gasteiger charge is -2.29. The Morgan fingerprint density at radius 1 is 0.556 bits per heavy atom. The van der Waals surface area contributed by atoms with Crippen molar-refractivity contribution in [3.63, 3.8) is 0 Å². The maximum atomic E-state index is 13.0. The predicted octanol–water partition coefficient (Wildman–Crippen LogP) is 6.45. The molecule has 0 aliphatic rings. The molecular weight excluding hydrogens is 574 g/mol. The lowest BCUT2D eigenvalue weighted by atomic mass is 10.0. The van der Waals surface area contributed by atoms with Gasteiger partial charge in [-0.25, -0.2) is 14.4 Å². The third kappa shape index (κ3) is 8.08. The van der Waals surface area contributed by atoms with E-state index in [1.807, 2.05) is 12.1 Å². The van der Waals surface area contributed by atoms with Crippen molar-refractivity contribution in [1.29, 1.82) is 0 Å². The van der Waals surface area contributed by atoms with Crippen LogP contribution in [0.5, 0.6) is 11.5 Å². The smallest absolute Gasteiger partial charge is 0.370 e. The molecule has 0 fully saturated rings. The van der Waals surface area contributed by atoms with E-state index in [2.05, 4.69) is 5.64 Å². The molecule has 0 radical (unpaired) electrons. The molecule has 0 aromatic heterocycles. The molecule has 4 rings (SSSR count). The third-order valence-corrected chi connectivity index (χ3v) is 7.47. The summed E-state index contributed by atoms with van der Waals surface area (Å²) in [6.07, 6.45) is 0.421. The Hall–Kier alpha value is -5.12. The molecular formula is C36H35NO8. The molecule has 9 heteroatoms. The number of benzene rings is 4. The van der Waals surface area contributed by atoms with Gasteiger partial charge in [0, 0.05) is 22.3 Å². The second kappa shape index (κ2) is 14.6. The Morgan fingerprint density at radius 2 is 0.978 bits per heavy atom. The fourth-order valence-corrected chi connectivity index (χ4v) is 4.11. The van der Waals surface area contributed by atoms with Gasteiger partial charge in [0.2, 0.25) is 5.60 Å². The Bertz CT molecular complexity index is 1620. The second-order valence-electron chi connectivity index (χ2n) is 10.7. The van der Waals surface area contributed by atoms with Crippen LogP contribution >= 0.6 is 0 Å². The van der Waals surface area contributed by atoms with Gasteiger partial charge in [-0.05, 0) is 80.9 Å². The van der Waals surface area contributed by atoms with E-state index >= 15 is 0 Å². The van der Waals surface area contributed by atoms with Crippen LogP contribution in [0, 0.1) is 0 Å². The Labute approximate surface area is 262 Å². The minimum Gasteiger partial charge on any atom is -0.476 e. The number of rotatable bonds is 14. The highest BCUT2D eigenvalue weighted by atomic mass is 16.9. The van der Waals surface area contributed by atoms with Gasteiger partial charge in [0.1, 0.15) is 11.5 Å². The number of hydrogen-bond donors (Lipinski definition) is 1. The minimum atomic E-state index is -1.52. The van der Waals surface area contributed by atoms with E-state index in [1.165, 1.54) is 19.1 Å². The van der Waals surface area contributed by atoms with Crippen LogP contribution in [0.1, 0.15) is 72.4 Å². The van der Waals surface area contributed by atoms with Gasteiger partial charge in [0.25, 0.3) is 0 Å². The fourth-order valence-electron chi connectivity index (χ4n) is 4.11. The first-order valence-electron chi connectivity index (χ1n) is 14.5. The Morgan fingerprint density at radius 3 is 1.42 bits per heavy atom. The molecule has 0 saturated carbocycles. The van der Waals surface area contributed by atoms with Gasteiger partial charge >= 0.3 is 11.9 Å². The van der Waals surface area contributed by atoms with E-state index in [-0.39, 0.29) is 30.2 Å². The van der Waals surface area contributed by atoms with Gasteiger partial charge in [-0.3, -0.25) is 9.59 Å². The van der Waals surface area contributed by atoms with Crippen molar-refractivity contribution in [3.8, 4) is 11.5 Å². The molecule has 9 nitrogen and oxygen atoms in total. The number of nitrogens with one attached hydrogen (secondary N) is 1. The molecule has 0 aliphatic carbocycles. The summed E-state index contributed by atoms with van der Waals surface area (Å²) in [6, 6.07) is 30.4. The number of esters is 1. The van der Waals surface area contributed by atoms with Crippen LogP contribution in [0.4, 0.5) is 0 Å². The summed E-state index contributed by atoms with van der Waals surface area (Å²) in [5.74, 6) is -1.24. The van der Waals surface area contributed by atoms with Gasteiger partial charge in [-0.2, -0.15) is 0 Å². The molecule has 4 aromatic rings. The highest BCUT2D eigenvalue weighted by Gasteiger charge is 2.39. The van der Waals surface area contributed by atoms with Crippen LogP contribution in [-0.2, 0) is 19.3 Å². The molecule has 2 unspecified atom stereocenters. The number of carbonyl (C=O) groups is 4. The first-order chi connectivity index (χ1) is 21.6. The van der Waals surface area contributed by atoms with E-state index in [9.17, 15) is 19.2 Å². The summed E-state index contributed by atoms with van der Waals surface area (Å²) in [7, 11) is 0. The van der Waals surface area contributed by atoms with Crippen molar-refractivity contribution in [3.05, 3.63) is 131 Å². The quantitative estimate of drug-likeness (QED) is 0.0745. The summed E-state index contributed by atoms with van der Waals surface area (Å²) in [6.45, 7) is 6.50. The first-order valence-corrected chi connectivity index (χ1v) is 14.5. The molecule has 0 saturated heterocycles. The molecule has 45 heavy (non-hydrogen) atoms. The molecule has 4 aromatic carbocycles. The van der Waals surface area contributed by atoms with Crippen molar-refractivity contribution in [2.24, 2.45) is 0 Å². The summed E-state index contributed by atoms with van der Waals surface area (Å²) in [4.78, 5) is 61.9. The van der Waals surface area contributed by atoms with E-state index in [0.717, 1.165) is 0 Å². The molecule has 0 bridgehead atoms. The van der Waals surface area contributed by atoms with E-state index in [0.29, 0.717) is 28.0 Å². The monoisotopic (exact) mass is 609 g/mol. The van der Waals surface area contributed by atoms with Crippen molar-refractivity contribution in [1.82, 2.24) is 5.64 Å². The summed E-state index contributed by atoms with van der Waals surface area (Å²) >= 11 is 0. The average Bonchev–Trinajstić information content (AvgIpc) is 3.08. The predicted molar refractivity (Wildman–Crippen MR) is 167 cm³/mol. The fraction of sp³-hybridized carbons (Fsp3) is 0.222. The highest BCUT2D eigenvalue weighted by molar-refractivity contribution is 6.09. The van der Waals surface area contributed by atoms with Gasteiger partial charge in [-0.15, -0.1) is 0 Å². The lowest BCUT2D eigenvalue weighted by Crippen LogP contribution is -2.48. The molecule has 0 heterocycles. The SMILES string of the molecule is CCC(C)(ONOC(=O)C(C)(CC)Oc1ccc(C(=O)c2ccccc2)cc1)C(=O)Oc1ccc(C(=O)c2ccccc2)cc1. The van der Waals surface area contributed by atoms with Crippen LogP contribution in [0.3, 0.4) is 0 Å². The van der Waals surface area contributed by atoms with E-state index in [4.69, 9.17) is 19.1 Å². The Balaban J connectivity index is 1.31. The summed E-state index contributed by atoms with van der Waals surface area (Å²) < 4.78 is 11.4. The minimum absolute atomic E-state index is 0.131. The standard InChI is InChI=1S/C36H35NO8/c1-5-35(3,43-30-23-19-28(20-24-30)32(39)26-15-11-8-12-16-26)34(41)44-37-45-36(4,6-2)33(40)42-29-21-17-27(18-22-29)31(38)25-13-9-7-10-14-25/h7-24,37H,5-6H2,1-4H3. The van der Waals surface area contributed by atoms with Gasteiger partial charge in [-0.1, -0.05) is 74.5 Å². The largest absolute Gasteiger partial charge is 0.476 e. The van der Waals surface area contributed by atoms with Crippen molar-refractivity contribution in [2.45, 2.75) is 51.7 Å². The third-order valence-electron chi connectivity index (χ3n) is 7.47. The molecule has 0 spiro atoms. The van der Waals surface area contributed by atoms with Crippen molar-refractivity contribution < 1.29 is 38.3 Å². The summed E-state index contributed by atoms with van der Waals surface area (Å²) in [5.41, 5.74) is 1.23. The summed E-state index contributed by atoms with van der Waals surface area (Å²) in [5, 5.41) is 0. The maximum Gasteiger partial charge on any atom is 0.370 e. The number of hydrogen-bond acceptors (Lipinski definition) is 9. The zero-order chi connectivity index (χ0) is 32.5. The number of ether oxygens (including phenoxy) is 2. The number of ketones is 2. The first kappa shape index (κ1) is 32.8. The van der Waals surface area contributed by atoms with E-state index < -0.39 is 23.1 Å². The highest BCUT2D eigenvalue weighted by Crippen LogP contribution is 2.25. The van der Waals surface area contributed by atoms with Gasteiger partial charge in [0.15, 0.2) is 17.2 Å². The topological polar surface area (TPSA) is 117 Å². The molecule has 232 valence electrons. The van der Waals surface area contributed by atoms with Crippen LogP contribution in [0.25, 0.3) is 0 Å². The normalized spacial score (nSPS) is 13.5. The Kier molecular flexibility index (Phi) is 10.6. The zero-order valence-electron chi connectivity index (χ0n) is 25.6. The zero-order valence-corrected chi connectivity index (χ0v) is 25.6. The molecule has 0 aliphatic heterocycles. The average molecular weight is 610 g/mol. The van der Waals surface area contributed by atoms with Crippen LogP contribution in [0.15, 0.2) is 109 Å². The van der Waals surface area contributed by atoms with Crippen molar-refractivity contribution in [2.75, 3.05) is 0 Å². The molecule has 1 N–H and O–H groups in total. The molecule has 0 amide bonds. The van der Waals surface area contributed by atoms with Gasteiger partial charge < -0.3 is 14.3 Å². The number of carbonyl (C=O) groups excluding carboxylic acids is 4. The van der Waals surface area contributed by atoms with Crippen molar-refractivity contribution >= 4 is 23.5 Å². The van der Waals surface area contributed by atoms with Gasteiger partial charge in [0.05, 0.1) is 0 Å². The second-order valence-corrected chi connectivity index (χ2v) is 10.7. The van der Waals surface area contributed by atoms with Crippen LogP contribution < -0.4 is 15.1 Å². The molecule has 2 atom stereocenters. The van der Waals surface area contributed by atoms with Crippen LogP contribution in [0.2, 0.25) is 0 Å².